The molecule has 0 radical (unpaired) electrons. The highest BCUT2D eigenvalue weighted by molar-refractivity contribution is 5.24. The summed E-state index contributed by atoms with van der Waals surface area (Å²) in [6, 6.07) is 10.9. The average Bonchev–Trinajstić information content (AvgIpc) is 2.23. The summed E-state index contributed by atoms with van der Waals surface area (Å²) < 4.78 is 0. The fourth-order valence-corrected chi connectivity index (χ4v) is 2.70. The van der Waals surface area contributed by atoms with Crippen LogP contribution in [0.3, 0.4) is 0 Å². The molecule has 1 heteroatoms. The van der Waals surface area contributed by atoms with Crippen molar-refractivity contribution in [2.45, 2.75) is 38.1 Å². The Labute approximate surface area is 93.1 Å². The Balaban J connectivity index is 2.28. The summed E-state index contributed by atoms with van der Waals surface area (Å²) in [6.07, 6.45) is 2.64. The van der Waals surface area contributed by atoms with Crippen LogP contribution < -0.4 is 0 Å². The number of benzene rings is 1. The number of rotatable bonds is 1. The predicted molar refractivity (Wildman–Crippen MR) is 65.1 cm³/mol. The lowest BCUT2D eigenvalue weighted by Gasteiger charge is -2.46. The molecule has 0 bridgehead atoms. The Morgan fingerprint density at radius 1 is 1.20 bits per heavy atom. The maximum absolute atomic E-state index is 2.49. The van der Waals surface area contributed by atoms with Crippen molar-refractivity contribution in [2.24, 2.45) is 0 Å². The fraction of sp³-hybridized carbons (Fsp3) is 0.571. The van der Waals surface area contributed by atoms with E-state index in [1.54, 1.807) is 0 Å². The van der Waals surface area contributed by atoms with Crippen LogP contribution in [0.15, 0.2) is 30.3 Å². The van der Waals surface area contributed by atoms with Gasteiger partial charge in [-0.3, -0.25) is 0 Å². The summed E-state index contributed by atoms with van der Waals surface area (Å²) in [5.74, 6) is 0.678. The summed E-state index contributed by atoms with van der Waals surface area (Å²) >= 11 is 0. The molecule has 82 valence electrons. The number of hydrogen-bond acceptors (Lipinski definition) is 1. The van der Waals surface area contributed by atoms with Gasteiger partial charge in [-0.15, -0.1) is 0 Å². The third-order valence-corrected chi connectivity index (χ3v) is 4.02. The van der Waals surface area contributed by atoms with Crippen molar-refractivity contribution in [1.82, 2.24) is 4.90 Å². The minimum atomic E-state index is 0.291. The zero-order chi connectivity index (χ0) is 10.9. The Morgan fingerprint density at radius 3 is 2.53 bits per heavy atom. The molecule has 0 saturated carbocycles. The van der Waals surface area contributed by atoms with Gasteiger partial charge in [0.2, 0.25) is 0 Å². The Bertz CT molecular complexity index is 315. The molecule has 2 rings (SSSR count). The average molecular weight is 203 g/mol. The highest BCUT2D eigenvalue weighted by Crippen LogP contribution is 2.39. The Kier molecular flexibility index (Phi) is 2.83. The Morgan fingerprint density at radius 2 is 1.87 bits per heavy atom. The van der Waals surface area contributed by atoms with E-state index in [-0.39, 0.29) is 0 Å². The van der Waals surface area contributed by atoms with Gasteiger partial charge in [0.1, 0.15) is 0 Å². The first kappa shape index (κ1) is 10.7. The molecule has 0 N–H and O–H groups in total. The van der Waals surface area contributed by atoms with Crippen LogP contribution in [0.25, 0.3) is 0 Å². The van der Waals surface area contributed by atoms with Crippen molar-refractivity contribution >= 4 is 0 Å². The van der Waals surface area contributed by atoms with Crippen molar-refractivity contribution in [2.75, 3.05) is 13.6 Å². The number of likely N-dealkylation sites (N-methyl/N-ethyl adjacent to an activating group) is 1. The predicted octanol–water partition coefficient (Wildman–Crippen LogP) is 3.27. The highest BCUT2D eigenvalue weighted by atomic mass is 15.2. The molecule has 0 amide bonds. The summed E-state index contributed by atoms with van der Waals surface area (Å²) in [5.41, 5.74) is 1.79. The second-order valence-electron chi connectivity index (χ2n) is 5.18. The van der Waals surface area contributed by atoms with Gasteiger partial charge in [-0.2, -0.15) is 0 Å². The van der Waals surface area contributed by atoms with Crippen molar-refractivity contribution < 1.29 is 0 Å². The molecule has 0 spiro atoms. The topological polar surface area (TPSA) is 3.24 Å². The van der Waals surface area contributed by atoms with Gasteiger partial charge in [0.15, 0.2) is 0 Å². The zero-order valence-corrected chi connectivity index (χ0v) is 10.0. The number of likely N-dealkylation sites (tertiary alicyclic amines) is 1. The van der Waals surface area contributed by atoms with Gasteiger partial charge in [0.05, 0.1) is 0 Å². The van der Waals surface area contributed by atoms with Gasteiger partial charge in [-0.05, 0) is 45.8 Å². The van der Waals surface area contributed by atoms with Crippen LogP contribution in [0.4, 0.5) is 0 Å². The van der Waals surface area contributed by atoms with Gasteiger partial charge in [-0.1, -0.05) is 30.3 Å². The van der Waals surface area contributed by atoms with Gasteiger partial charge >= 0.3 is 0 Å². The fourth-order valence-electron chi connectivity index (χ4n) is 2.70. The molecule has 1 aliphatic heterocycles. The summed E-state index contributed by atoms with van der Waals surface area (Å²) in [5, 5.41) is 0. The minimum absolute atomic E-state index is 0.291. The van der Waals surface area contributed by atoms with Gasteiger partial charge in [0.25, 0.3) is 0 Å². The number of nitrogens with zero attached hydrogens (tertiary/aromatic N) is 1. The summed E-state index contributed by atoms with van der Waals surface area (Å²) in [4.78, 5) is 2.49. The van der Waals surface area contributed by atoms with Crippen LogP contribution in [0.1, 0.15) is 38.2 Å². The van der Waals surface area contributed by atoms with Crippen LogP contribution in [0, 0.1) is 0 Å². The lowest BCUT2D eigenvalue weighted by molar-refractivity contribution is 0.0825. The largest absolute Gasteiger partial charge is 0.301 e. The first-order chi connectivity index (χ1) is 7.12. The van der Waals surface area contributed by atoms with E-state index < -0.39 is 0 Å². The molecule has 1 saturated heterocycles. The van der Waals surface area contributed by atoms with Crippen molar-refractivity contribution in [3.63, 3.8) is 0 Å². The third-order valence-electron chi connectivity index (χ3n) is 4.02. The van der Waals surface area contributed by atoms with E-state index in [1.165, 1.54) is 24.9 Å². The Hall–Kier alpha value is -0.820. The number of hydrogen-bond donors (Lipinski definition) is 0. The van der Waals surface area contributed by atoms with Crippen molar-refractivity contribution in [1.29, 1.82) is 0 Å². The molecular formula is C14H21N. The smallest absolute Gasteiger partial charge is 0.0218 e. The molecule has 1 nitrogen and oxygen atoms in total. The van der Waals surface area contributed by atoms with Crippen LogP contribution in [0.2, 0.25) is 0 Å². The van der Waals surface area contributed by atoms with Crippen LogP contribution in [-0.4, -0.2) is 24.0 Å². The van der Waals surface area contributed by atoms with E-state index >= 15 is 0 Å². The first-order valence-corrected chi connectivity index (χ1v) is 5.88. The molecule has 0 aromatic heterocycles. The molecule has 15 heavy (non-hydrogen) atoms. The minimum Gasteiger partial charge on any atom is -0.301 e. The van der Waals surface area contributed by atoms with Gasteiger partial charge in [-0.25, -0.2) is 0 Å². The SMILES string of the molecule is CN1CCCC(c2ccccc2)C1(C)C. The van der Waals surface area contributed by atoms with E-state index in [2.05, 4.69) is 56.1 Å². The second kappa shape index (κ2) is 3.97. The van der Waals surface area contributed by atoms with E-state index in [1.807, 2.05) is 0 Å². The maximum Gasteiger partial charge on any atom is 0.0218 e. The van der Waals surface area contributed by atoms with Gasteiger partial charge in [0, 0.05) is 11.5 Å². The van der Waals surface area contributed by atoms with Crippen LogP contribution in [-0.2, 0) is 0 Å². The first-order valence-electron chi connectivity index (χ1n) is 5.88. The molecular weight excluding hydrogens is 182 g/mol. The normalized spacial score (nSPS) is 26.5. The molecule has 1 aliphatic rings. The molecule has 0 aliphatic carbocycles. The molecule has 1 atom stereocenters. The van der Waals surface area contributed by atoms with Crippen LogP contribution in [0.5, 0.6) is 0 Å². The molecule has 1 unspecified atom stereocenters. The van der Waals surface area contributed by atoms with E-state index in [9.17, 15) is 0 Å². The third kappa shape index (κ3) is 1.93. The molecule has 1 fully saturated rings. The second-order valence-corrected chi connectivity index (χ2v) is 5.18. The maximum atomic E-state index is 2.49. The van der Waals surface area contributed by atoms with Gasteiger partial charge < -0.3 is 4.90 Å². The molecule has 1 heterocycles. The number of piperidine rings is 1. The quantitative estimate of drug-likeness (QED) is 0.677. The lowest BCUT2D eigenvalue weighted by Crippen LogP contribution is -2.49. The lowest BCUT2D eigenvalue weighted by atomic mass is 9.75. The van der Waals surface area contributed by atoms with E-state index in [0.717, 1.165) is 0 Å². The molecule has 1 aromatic carbocycles. The zero-order valence-electron chi connectivity index (χ0n) is 10.0. The standard InChI is InChI=1S/C14H21N/c1-14(2)13(10-7-11-15(14)3)12-8-5-4-6-9-12/h4-6,8-9,13H,7,10-11H2,1-3H3. The van der Waals surface area contributed by atoms with E-state index in [0.29, 0.717) is 11.5 Å². The summed E-state index contributed by atoms with van der Waals surface area (Å²) in [7, 11) is 2.25. The van der Waals surface area contributed by atoms with E-state index in [4.69, 9.17) is 0 Å². The monoisotopic (exact) mass is 203 g/mol. The van der Waals surface area contributed by atoms with Crippen molar-refractivity contribution in [3.05, 3.63) is 35.9 Å². The van der Waals surface area contributed by atoms with Crippen molar-refractivity contribution in [3.8, 4) is 0 Å². The molecule has 1 aromatic rings. The van der Waals surface area contributed by atoms with Crippen LogP contribution >= 0.6 is 0 Å². The summed E-state index contributed by atoms with van der Waals surface area (Å²) in [6.45, 7) is 5.96. The highest BCUT2D eigenvalue weighted by Gasteiger charge is 2.36.